The lowest BCUT2D eigenvalue weighted by Gasteiger charge is -2.09. The average molecular weight is 220 g/mol. The molecule has 0 aliphatic carbocycles. The summed E-state index contributed by atoms with van der Waals surface area (Å²) in [6, 6.07) is 2.99. The molecule has 0 aromatic heterocycles. The Kier molecular flexibility index (Phi) is 2.89. The van der Waals surface area contributed by atoms with E-state index in [0.29, 0.717) is 0 Å². The Bertz CT molecular complexity index is 418. The second kappa shape index (κ2) is 3.65. The molecule has 0 heterocycles. The van der Waals surface area contributed by atoms with Gasteiger partial charge in [-0.05, 0) is 26.0 Å². The Balaban J connectivity index is 3.48. The molecule has 0 saturated carbocycles. The van der Waals surface area contributed by atoms with Gasteiger partial charge in [-0.3, -0.25) is 0 Å². The van der Waals surface area contributed by atoms with Crippen LogP contribution in [0.1, 0.15) is 13.8 Å². The number of hydrogen-bond acceptors (Lipinski definition) is 2. The molecule has 0 saturated heterocycles. The Morgan fingerprint density at radius 3 is 1.93 bits per heavy atom. The van der Waals surface area contributed by atoms with Crippen LogP contribution in [0.3, 0.4) is 0 Å². The van der Waals surface area contributed by atoms with E-state index in [-0.39, 0.29) is 0 Å². The lowest BCUT2D eigenvalue weighted by Crippen LogP contribution is -2.17. The van der Waals surface area contributed by atoms with Crippen LogP contribution in [-0.2, 0) is 9.84 Å². The van der Waals surface area contributed by atoms with Crippen molar-refractivity contribution in [2.75, 3.05) is 0 Å². The quantitative estimate of drug-likeness (QED) is 0.765. The second-order valence-electron chi connectivity index (χ2n) is 3.14. The third kappa shape index (κ3) is 1.77. The van der Waals surface area contributed by atoms with E-state index in [1.165, 1.54) is 13.8 Å². The summed E-state index contributed by atoms with van der Waals surface area (Å²) >= 11 is 0. The van der Waals surface area contributed by atoms with Crippen LogP contribution in [0, 0.1) is 11.6 Å². The predicted octanol–water partition coefficient (Wildman–Crippen LogP) is 2.15. The third-order valence-electron chi connectivity index (χ3n) is 1.82. The summed E-state index contributed by atoms with van der Waals surface area (Å²) in [5.74, 6) is -2.09. The highest BCUT2D eigenvalue weighted by atomic mass is 32.2. The zero-order chi connectivity index (χ0) is 10.9. The summed E-state index contributed by atoms with van der Waals surface area (Å²) in [5, 5.41) is -0.839. The SMILES string of the molecule is CC(C)S(=O)(=O)c1c(F)cccc1F. The largest absolute Gasteiger partial charge is 0.223 e. The first-order valence-corrected chi connectivity index (χ1v) is 5.60. The van der Waals surface area contributed by atoms with Crippen molar-refractivity contribution in [2.45, 2.75) is 24.0 Å². The first-order chi connectivity index (χ1) is 6.37. The summed E-state index contributed by atoms with van der Waals surface area (Å²) in [6.45, 7) is 2.75. The molecule has 1 rings (SSSR count). The van der Waals surface area contributed by atoms with Crippen molar-refractivity contribution in [3.8, 4) is 0 Å². The van der Waals surface area contributed by atoms with Gasteiger partial charge in [0.2, 0.25) is 0 Å². The highest BCUT2D eigenvalue weighted by molar-refractivity contribution is 7.92. The number of halogens is 2. The van der Waals surface area contributed by atoms with Gasteiger partial charge in [0, 0.05) is 0 Å². The molecule has 0 fully saturated rings. The van der Waals surface area contributed by atoms with Gasteiger partial charge in [-0.15, -0.1) is 0 Å². The van der Waals surface area contributed by atoms with Gasteiger partial charge >= 0.3 is 0 Å². The lowest BCUT2D eigenvalue weighted by molar-refractivity contribution is 0.516. The summed E-state index contributed by atoms with van der Waals surface area (Å²) in [6.07, 6.45) is 0. The van der Waals surface area contributed by atoms with E-state index in [0.717, 1.165) is 18.2 Å². The first kappa shape index (κ1) is 11.1. The second-order valence-corrected chi connectivity index (χ2v) is 5.59. The number of sulfone groups is 1. The van der Waals surface area contributed by atoms with Crippen molar-refractivity contribution in [2.24, 2.45) is 0 Å². The fourth-order valence-corrected chi connectivity index (χ4v) is 2.14. The zero-order valence-corrected chi connectivity index (χ0v) is 8.61. The highest BCUT2D eigenvalue weighted by Gasteiger charge is 2.26. The number of benzene rings is 1. The van der Waals surface area contributed by atoms with Gasteiger partial charge in [0.1, 0.15) is 16.5 Å². The van der Waals surface area contributed by atoms with Crippen LogP contribution in [0.15, 0.2) is 23.1 Å². The van der Waals surface area contributed by atoms with E-state index in [9.17, 15) is 17.2 Å². The van der Waals surface area contributed by atoms with Gasteiger partial charge in [-0.2, -0.15) is 0 Å². The Morgan fingerprint density at radius 2 is 1.57 bits per heavy atom. The van der Waals surface area contributed by atoms with E-state index in [1.54, 1.807) is 0 Å². The van der Waals surface area contributed by atoms with Crippen LogP contribution in [0.4, 0.5) is 8.78 Å². The Hall–Kier alpha value is -0.970. The predicted molar refractivity (Wildman–Crippen MR) is 48.7 cm³/mol. The molecule has 0 N–H and O–H groups in total. The summed E-state index contributed by atoms with van der Waals surface area (Å²) in [4.78, 5) is -0.838. The van der Waals surface area contributed by atoms with Gasteiger partial charge in [0.05, 0.1) is 5.25 Å². The molecule has 2 nitrogen and oxygen atoms in total. The fraction of sp³-hybridized carbons (Fsp3) is 0.333. The van der Waals surface area contributed by atoms with Crippen LogP contribution >= 0.6 is 0 Å². The monoisotopic (exact) mass is 220 g/mol. The summed E-state index contributed by atoms with van der Waals surface area (Å²) in [7, 11) is -3.89. The van der Waals surface area contributed by atoms with E-state index in [2.05, 4.69) is 0 Å². The van der Waals surface area contributed by atoms with Crippen LogP contribution in [0.5, 0.6) is 0 Å². The van der Waals surface area contributed by atoms with Gasteiger partial charge in [0.25, 0.3) is 0 Å². The van der Waals surface area contributed by atoms with Gasteiger partial charge < -0.3 is 0 Å². The molecule has 0 unspecified atom stereocenters. The molecule has 0 radical (unpaired) electrons. The van der Waals surface area contributed by atoms with Gasteiger partial charge in [-0.25, -0.2) is 17.2 Å². The van der Waals surface area contributed by atoms with Crippen LogP contribution in [0.25, 0.3) is 0 Å². The van der Waals surface area contributed by atoms with E-state index in [4.69, 9.17) is 0 Å². The minimum atomic E-state index is -3.89. The molecule has 78 valence electrons. The van der Waals surface area contributed by atoms with Crippen molar-refractivity contribution in [3.63, 3.8) is 0 Å². The first-order valence-electron chi connectivity index (χ1n) is 4.05. The van der Waals surface area contributed by atoms with Crippen molar-refractivity contribution in [1.29, 1.82) is 0 Å². The minimum Gasteiger partial charge on any atom is -0.223 e. The topological polar surface area (TPSA) is 34.1 Å². The van der Waals surface area contributed by atoms with Gasteiger partial charge in [0.15, 0.2) is 9.84 Å². The lowest BCUT2D eigenvalue weighted by atomic mass is 10.3. The third-order valence-corrected chi connectivity index (χ3v) is 4.02. The molecule has 14 heavy (non-hydrogen) atoms. The molecule has 0 bridgehead atoms. The fourth-order valence-electron chi connectivity index (χ4n) is 0.990. The normalized spacial score (nSPS) is 12.1. The van der Waals surface area contributed by atoms with E-state index in [1.807, 2.05) is 0 Å². The molecular weight excluding hydrogens is 210 g/mol. The maximum absolute atomic E-state index is 13.1. The van der Waals surface area contributed by atoms with E-state index < -0.39 is 31.6 Å². The molecular formula is C9H10F2O2S. The maximum Gasteiger partial charge on any atom is 0.186 e. The van der Waals surface area contributed by atoms with Crippen molar-refractivity contribution >= 4 is 9.84 Å². The molecule has 0 spiro atoms. The van der Waals surface area contributed by atoms with Crippen molar-refractivity contribution in [3.05, 3.63) is 29.8 Å². The molecule has 0 amide bonds. The van der Waals surface area contributed by atoms with Crippen LogP contribution in [-0.4, -0.2) is 13.7 Å². The van der Waals surface area contributed by atoms with Crippen LogP contribution < -0.4 is 0 Å². The average Bonchev–Trinajstić information content (AvgIpc) is 2.02. The van der Waals surface area contributed by atoms with Crippen LogP contribution in [0.2, 0.25) is 0 Å². The van der Waals surface area contributed by atoms with Crippen molar-refractivity contribution < 1.29 is 17.2 Å². The highest BCUT2D eigenvalue weighted by Crippen LogP contribution is 2.22. The summed E-state index contributed by atoms with van der Waals surface area (Å²) < 4.78 is 49.2. The molecule has 0 atom stereocenters. The number of hydrogen-bond donors (Lipinski definition) is 0. The maximum atomic E-state index is 13.1. The summed E-state index contributed by atoms with van der Waals surface area (Å²) in [5.41, 5.74) is 0. The molecule has 1 aromatic carbocycles. The molecule has 0 aliphatic rings. The zero-order valence-electron chi connectivity index (χ0n) is 7.79. The number of rotatable bonds is 2. The smallest absolute Gasteiger partial charge is 0.186 e. The molecule has 1 aromatic rings. The minimum absolute atomic E-state index is 0.838. The van der Waals surface area contributed by atoms with E-state index >= 15 is 0 Å². The Morgan fingerprint density at radius 1 is 1.14 bits per heavy atom. The van der Waals surface area contributed by atoms with Gasteiger partial charge in [-0.1, -0.05) is 6.07 Å². The Labute approximate surface area is 81.5 Å². The molecule has 0 aliphatic heterocycles. The van der Waals surface area contributed by atoms with Crippen molar-refractivity contribution in [1.82, 2.24) is 0 Å². The molecule has 5 heteroatoms. The standard InChI is InChI=1S/C9H10F2O2S/c1-6(2)14(12,13)9-7(10)4-3-5-8(9)11/h3-6H,1-2H3.